The second kappa shape index (κ2) is 8.92. The first-order valence-electron chi connectivity index (χ1n) is 7.03. The lowest BCUT2D eigenvalue weighted by Gasteiger charge is -2.03. The summed E-state index contributed by atoms with van der Waals surface area (Å²) in [6.07, 6.45) is 5.26. The van der Waals surface area contributed by atoms with E-state index in [2.05, 4.69) is 20.8 Å². The summed E-state index contributed by atoms with van der Waals surface area (Å²) in [4.78, 5) is 15.9. The quantitative estimate of drug-likeness (QED) is 0.674. The minimum atomic E-state index is 0. The van der Waals surface area contributed by atoms with Crippen molar-refractivity contribution in [3.05, 3.63) is 11.7 Å². The fourth-order valence-electron chi connectivity index (χ4n) is 1.86. The molecule has 1 aliphatic carbocycles. The Morgan fingerprint density at radius 3 is 2.85 bits per heavy atom. The van der Waals surface area contributed by atoms with E-state index in [9.17, 15) is 4.79 Å². The van der Waals surface area contributed by atoms with Crippen LogP contribution in [0.2, 0.25) is 0 Å². The van der Waals surface area contributed by atoms with Crippen molar-refractivity contribution in [3.8, 4) is 0 Å². The van der Waals surface area contributed by atoms with Gasteiger partial charge in [0.05, 0.1) is 0 Å². The average molecular weight is 303 g/mol. The summed E-state index contributed by atoms with van der Waals surface area (Å²) in [6.45, 7) is 1.65. The molecule has 1 aliphatic rings. The first-order valence-corrected chi connectivity index (χ1v) is 7.03. The molecule has 0 saturated heterocycles. The molecule has 20 heavy (non-hydrogen) atoms. The van der Waals surface area contributed by atoms with Gasteiger partial charge in [-0.3, -0.25) is 4.79 Å². The van der Waals surface area contributed by atoms with Gasteiger partial charge in [0.1, 0.15) is 0 Å². The van der Waals surface area contributed by atoms with Gasteiger partial charge in [-0.2, -0.15) is 4.98 Å². The van der Waals surface area contributed by atoms with Gasteiger partial charge in [-0.1, -0.05) is 5.16 Å². The fraction of sp³-hybridized carbons (Fsp3) is 0.769. The van der Waals surface area contributed by atoms with Gasteiger partial charge in [0.2, 0.25) is 11.8 Å². The molecular formula is C13H23ClN4O2. The minimum absolute atomic E-state index is 0. The number of aryl methyl sites for hydroxylation is 1. The maximum Gasteiger partial charge on any atom is 0.226 e. The van der Waals surface area contributed by atoms with Crippen molar-refractivity contribution in [2.24, 2.45) is 0 Å². The molecule has 0 aromatic carbocycles. The number of aromatic nitrogens is 2. The normalized spacial score (nSPS) is 13.8. The number of nitrogens with zero attached hydrogens (tertiary/aromatic N) is 2. The van der Waals surface area contributed by atoms with Crippen LogP contribution in [0.15, 0.2) is 4.52 Å². The summed E-state index contributed by atoms with van der Waals surface area (Å²) >= 11 is 0. The van der Waals surface area contributed by atoms with Gasteiger partial charge in [0, 0.05) is 25.3 Å². The van der Waals surface area contributed by atoms with Crippen LogP contribution >= 0.6 is 12.4 Å². The first kappa shape index (κ1) is 16.9. The summed E-state index contributed by atoms with van der Waals surface area (Å²) in [5.41, 5.74) is 0. The molecule has 0 radical (unpaired) electrons. The van der Waals surface area contributed by atoms with Gasteiger partial charge in [0.15, 0.2) is 5.82 Å². The molecule has 114 valence electrons. The standard InChI is InChI=1S/C13H22N4O2.ClH/c1-14-8-3-9-15-11(18)4-2-5-12-16-13(17-19-12)10-6-7-10;/h10,14H,2-9H2,1H3,(H,15,18);1H. The summed E-state index contributed by atoms with van der Waals surface area (Å²) in [5, 5.41) is 9.89. The largest absolute Gasteiger partial charge is 0.356 e. The van der Waals surface area contributed by atoms with Crippen LogP contribution in [0.5, 0.6) is 0 Å². The lowest BCUT2D eigenvalue weighted by atomic mass is 10.2. The van der Waals surface area contributed by atoms with E-state index in [-0.39, 0.29) is 18.3 Å². The molecule has 1 fully saturated rings. The third-order valence-corrected chi connectivity index (χ3v) is 3.15. The summed E-state index contributed by atoms with van der Waals surface area (Å²) < 4.78 is 5.16. The Balaban J connectivity index is 0.00000200. The second-order valence-electron chi connectivity index (χ2n) is 4.98. The molecule has 0 unspecified atom stereocenters. The Morgan fingerprint density at radius 2 is 2.15 bits per heavy atom. The number of carbonyl (C=O) groups is 1. The van der Waals surface area contributed by atoms with Crippen molar-refractivity contribution in [1.82, 2.24) is 20.8 Å². The van der Waals surface area contributed by atoms with Crippen molar-refractivity contribution < 1.29 is 9.32 Å². The van der Waals surface area contributed by atoms with Gasteiger partial charge in [0.25, 0.3) is 0 Å². The molecule has 6 nitrogen and oxygen atoms in total. The summed E-state index contributed by atoms with van der Waals surface area (Å²) in [7, 11) is 1.90. The van der Waals surface area contributed by atoms with Crippen molar-refractivity contribution in [2.45, 2.75) is 44.4 Å². The third kappa shape index (κ3) is 5.88. The molecule has 1 heterocycles. The van der Waals surface area contributed by atoms with E-state index in [0.717, 1.165) is 31.8 Å². The molecule has 7 heteroatoms. The van der Waals surface area contributed by atoms with E-state index < -0.39 is 0 Å². The van der Waals surface area contributed by atoms with E-state index in [0.29, 0.717) is 24.7 Å². The van der Waals surface area contributed by atoms with Crippen molar-refractivity contribution in [1.29, 1.82) is 0 Å². The lowest BCUT2D eigenvalue weighted by molar-refractivity contribution is -0.121. The summed E-state index contributed by atoms with van der Waals surface area (Å²) in [6, 6.07) is 0. The predicted molar refractivity (Wildman–Crippen MR) is 78.0 cm³/mol. The Labute approximate surface area is 125 Å². The molecule has 2 rings (SSSR count). The number of carbonyl (C=O) groups excluding carboxylic acids is 1. The average Bonchev–Trinajstić information content (AvgIpc) is 3.15. The Hall–Kier alpha value is -1.14. The number of hydrogen-bond acceptors (Lipinski definition) is 5. The highest BCUT2D eigenvalue weighted by atomic mass is 35.5. The van der Waals surface area contributed by atoms with Gasteiger partial charge in [-0.15, -0.1) is 12.4 Å². The first-order chi connectivity index (χ1) is 9.29. The highest BCUT2D eigenvalue weighted by Crippen LogP contribution is 2.38. The Bertz CT molecular complexity index is 407. The topological polar surface area (TPSA) is 80.0 Å². The Kier molecular flexibility index (Phi) is 7.54. The molecular weight excluding hydrogens is 280 g/mol. The van der Waals surface area contributed by atoms with Crippen LogP contribution in [0.4, 0.5) is 0 Å². The lowest BCUT2D eigenvalue weighted by Crippen LogP contribution is -2.26. The molecule has 1 amide bonds. The predicted octanol–water partition coefficient (Wildman–Crippen LogP) is 1.42. The number of nitrogens with one attached hydrogen (secondary N) is 2. The van der Waals surface area contributed by atoms with Crippen LogP contribution in [-0.2, 0) is 11.2 Å². The van der Waals surface area contributed by atoms with E-state index in [4.69, 9.17) is 4.52 Å². The highest BCUT2D eigenvalue weighted by Gasteiger charge is 2.28. The highest BCUT2D eigenvalue weighted by molar-refractivity contribution is 5.85. The second-order valence-corrected chi connectivity index (χ2v) is 4.98. The van der Waals surface area contributed by atoms with Crippen molar-refractivity contribution in [2.75, 3.05) is 20.1 Å². The fourth-order valence-corrected chi connectivity index (χ4v) is 1.86. The maximum atomic E-state index is 11.5. The summed E-state index contributed by atoms with van der Waals surface area (Å²) in [5.74, 6) is 2.11. The molecule has 0 spiro atoms. The zero-order valence-corrected chi connectivity index (χ0v) is 12.7. The molecule has 0 aliphatic heterocycles. The maximum absolute atomic E-state index is 11.5. The number of halogens is 1. The minimum Gasteiger partial charge on any atom is -0.356 e. The van der Waals surface area contributed by atoms with Crippen LogP contribution in [-0.4, -0.2) is 36.2 Å². The zero-order valence-electron chi connectivity index (χ0n) is 11.9. The van der Waals surface area contributed by atoms with Crippen LogP contribution in [0, 0.1) is 0 Å². The van der Waals surface area contributed by atoms with Crippen LogP contribution in [0.1, 0.15) is 49.7 Å². The molecule has 1 saturated carbocycles. The monoisotopic (exact) mass is 302 g/mol. The number of hydrogen-bond donors (Lipinski definition) is 2. The smallest absolute Gasteiger partial charge is 0.226 e. The van der Waals surface area contributed by atoms with Crippen LogP contribution < -0.4 is 10.6 Å². The van der Waals surface area contributed by atoms with Gasteiger partial charge in [-0.05, 0) is 39.3 Å². The van der Waals surface area contributed by atoms with Crippen molar-refractivity contribution >= 4 is 18.3 Å². The zero-order chi connectivity index (χ0) is 13.5. The van der Waals surface area contributed by atoms with E-state index in [1.807, 2.05) is 7.05 Å². The number of rotatable bonds is 9. The van der Waals surface area contributed by atoms with E-state index in [1.54, 1.807) is 0 Å². The van der Waals surface area contributed by atoms with Crippen molar-refractivity contribution in [3.63, 3.8) is 0 Å². The number of amides is 1. The SMILES string of the molecule is CNCCCNC(=O)CCCc1nc(C2CC2)no1.Cl. The van der Waals surface area contributed by atoms with Gasteiger partial charge in [-0.25, -0.2) is 0 Å². The Morgan fingerprint density at radius 1 is 1.35 bits per heavy atom. The van der Waals surface area contributed by atoms with Gasteiger partial charge < -0.3 is 15.2 Å². The van der Waals surface area contributed by atoms with E-state index >= 15 is 0 Å². The molecule has 0 bridgehead atoms. The van der Waals surface area contributed by atoms with Crippen LogP contribution in [0.25, 0.3) is 0 Å². The van der Waals surface area contributed by atoms with E-state index in [1.165, 1.54) is 12.8 Å². The van der Waals surface area contributed by atoms with Crippen LogP contribution in [0.3, 0.4) is 0 Å². The molecule has 2 N–H and O–H groups in total. The molecule has 1 aromatic rings. The van der Waals surface area contributed by atoms with Gasteiger partial charge >= 0.3 is 0 Å². The molecule has 1 aromatic heterocycles. The molecule has 0 atom stereocenters. The third-order valence-electron chi connectivity index (χ3n) is 3.15.